The molecule has 0 aromatic heterocycles. The topological polar surface area (TPSA) is 87.5 Å². The molecule has 0 aliphatic carbocycles. The van der Waals surface area contributed by atoms with Gasteiger partial charge in [-0.25, -0.2) is 0 Å². The van der Waals surface area contributed by atoms with E-state index in [-0.39, 0.29) is 11.6 Å². The first-order valence-corrected chi connectivity index (χ1v) is 6.91. The number of amides is 1. The summed E-state index contributed by atoms with van der Waals surface area (Å²) in [6, 6.07) is 6.25. The fraction of sp³-hybridized carbons (Fsp3) is 0.500. The van der Waals surface area contributed by atoms with Gasteiger partial charge in [-0.2, -0.15) is 0 Å². The van der Waals surface area contributed by atoms with Crippen LogP contribution in [0.25, 0.3) is 0 Å². The van der Waals surface area contributed by atoms with E-state index in [1.807, 2.05) is 7.05 Å². The van der Waals surface area contributed by atoms with Crippen molar-refractivity contribution >= 4 is 17.3 Å². The van der Waals surface area contributed by atoms with Gasteiger partial charge >= 0.3 is 0 Å². The van der Waals surface area contributed by atoms with Crippen LogP contribution in [0.15, 0.2) is 24.3 Å². The van der Waals surface area contributed by atoms with Gasteiger partial charge < -0.3 is 15.5 Å². The Morgan fingerprint density at radius 1 is 1.29 bits per heavy atom. The maximum Gasteiger partial charge on any atom is 0.269 e. The zero-order valence-corrected chi connectivity index (χ0v) is 12.5. The molecule has 1 aromatic rings. The molecule has 7 heteroatoms. The first-order valence-electron chi connectivity index (χ1n) is 6.91. The van der Waals surface area contributed by atoms with Crippen LogP contribution in [0.5, 0.6) is 0 Å². The van der Waals surface area contributed by atoms with Crippen LogP contribution in [-0.2, 0) is 4.79 Å². The average Bonchev–Trinajstić information content (AvgIpc) is 2.49. The lowest BCUT2D eigenvalue weighted by Crippen LogP contribution is -2.32. The van der Waals surface area contributed by atoms with Crippen molar-refractivity contribution in [1.82, 2.24) is 10.2 Å². The zero-order valence-electron chi connectivity index (χ0n) is 12.5. The highest BCUT2D eigenvalue weighted by Crippen LogP contribution is 2.15. The van der Waals surface area contributed by atoms with Crippen molar-refractivity contribution in [2.75, 3.05) is 39.0 Å². The lowest BCUT2D eigenvalue weighted by Gasteiger charge is -2.16. The molecule has 1 rings (SSSR count). The van der Waals surface area contributed by atoms with Crippen molar-refractivity contribution in [2.45, 2.75) is 12.8 Å². The number of carbonyl (C=O) groups excluding carboxylic acids is 1. The number of hydrogen-bond acceptors (Lipinski definition) is 5. The predicted molar refractivity (Wildman–Crippen MR) is 82.4 cm³/mol. The van der Waals surface area contributed by atoms with Crippen molar-refractivity contribution in [2.24, 2.45) is 0 Å². The maximum atomic E-state index is 11.8. The highest BCUT2D eigenvalue weighted by atomic mass is 16.6. The summed E-state index contributed by atoms with van der Waals surface area (Å²) in [4.78, 5) is 23.6. The number of nitrogens with zero attached hydrogens (tertiary/aromatic N) is 2. The summed E-state index contributed by atoms with van der Waals surface area (Å²) in [7, 11) is 3.65. The van der Waals surface area contributed by atoms with Gasteiger partial charge in [0.25, 0.3) is 5.69 Å². The molecule has 2 N–H and O–H groups in total. The molecule has 116 valence electrons. The minimum Gasteiger partial charge on any atom is -0.385 e. The Bertz CT molecular complexity index is 462. The predicted octanol–water partition coefficient (Wildman–Crippen LogP) is 1.46. The van der Waals surface area contributed by atoms with Crippen LogP contribution in [0.3, 0.4) is 0 Å². The van der Waals surface area contributed by atoms with Crippen LogP contribution >= 0.6 is 0 Å². The summed E-state index contributed by atoms with van der Waals surface area (Å²) in [6.07, 6.45) is 1.21. The highest BCUT2D eigenvalue weighted by molar-refractivity contribution is 5.75. The molecule has 21 heavy (non-hydrogen) atoms. The number of non-ortho nitro benzene ring substituents is 1. The Balaban J connectivity index is 2.24. The number of hydrogen-bond donors (Lipinski definition) is 2. The summed E-state index contributed by atoms with van der Waals surface area (Å²) in [5.41, 5.74) is 0.887. The van der Waals surface area contributed by atoms with Crippen molar-refractivity contribution < 1.29 is 9.72 Å². The van der Waals surface area contributed by atoms with E-state index >= 15 is 0 Å². The van der Waals surface area contributed by atoms with E-state index in [1.165, 1.54) is 12.1 Å². The molecule has 0 fully saturated rings. The third kappa shape index (κ3) is 6.22. The van der Waals surface area contributed by atoms with Crippen molar-refractivity contribution in [3.05, 3.63) is 34.4 Å². The van der Waals surface area contributed by atoms with Gasteiger partial charge in [-0.15, -0.1) is 0 Å². The molecule has 0 unspecified atom stereocenters. The second-order valence-corrected chi connectivity index (χ2v) is 4.75. The van der Waals surface area contributed by atoms with Gasteiger partial charge in [0.1, 0.15) is 0 Å². The normalized spacial score (nSPS) is 10.2. The lowest BCUT2D eigenvalue weighted by atomic mass is 10.2. The van der Waals surface area contributed by atoms with Crippen LogP contribution < -0.4 is 10.6 Å². The minimum absolute atomic E-state index is 0.0712. The lowest BCUT2D eigenvalue weighted by molar-refractivity contribution is -0.384. The van der Waals surface area contributed by atoms with E-state index in [9.17, 15) is 14.9 Å². The van der Waals surface area contributed by atoms with E-state index in [0.29, 0.717) is 19.5 Å². The van der Waals surface area contributed by atoms with Crippen molar-refractivity contribution in [3.63, 3.8) is 0 Å². The summed E-state index contributed by atoms with van der Waals surface area (Å²) in [5, 5.41) is 16.7. The third-order valence-corrected chi connectivity index (χ3v) is 3.10. The summed E-state index contributed by atoms with van der Waals surface area (Å²) < 4.78 is 0. The number of nitro groups is 1. The number of nitrogens with one attached hydrogen (secondary N) is 2. The zero-order chi connectivity index (χ0) is 15.7. The van der Waals surface area contributed by atoms with E-state index in [2.05, 4.69) is 10.6 Å². The van der Waals surface area contributed by atoms with Crippen molar-refractivity contribution in [3.8, 4) is 0 Å². The number of rotatable bonds is 9. The SMILES string of the molecule is CNCCN(C)C(=O)CCCNc1ccc([N+](=O)[O-])cc1. The third-order valence-electron chi connectivity index (χ3n) is 3.10. The molecule has 0 spiro atoms. The first-order chi connectivity index (χ1) is 10.0. The number of nitro benzene ring substituents is 1. The molecule has 0 atom stereocenters. The van der Waals surface area contributed by atoms with Gasteiger partial charge in [-0.05, 0) is 25.6 Å². The van der Waals surface area contributed by atoms with Crippen LogP contribution in [0, 0.1) is 10.1 Å². The molecule has 0 saturated heterocycles. The van der Waals surface area contributed by atoms with Crippen LogP contribution in [0.4, 0.5) is 11.4 Å². The number of carbonyl (C=O) groups is 1. The van der Waals surface area contributed by atoms with Gasteiger partial charge in [-0.3, -0.25) is 14.9 Å². The molecular weight excluding hydrogens is 272 g/mol. The Hall–Kier alpha value is -2.15. The number of likely N-dealkylation sites (N-methyl/N-ethyl adjacent to an activating group) is 2. The highest BCUT2D eigenvalue weighted by Gasteiger charge is 2.07. The molecule has 0 aliphatic rings. The quantitative estimate of drug-likeness (QED) is 0.409. The van der Waals surface area contributed by atoms with E-state index in [1.54, 1.807) is 24.1 Å². The molecule has 7 nitrogen and oxygen atoms in total. The number of benzene rings is 1. The Kier molecular flexibility index (Phi) is 7.17. The molecule has 0 radical (unpaired) electrons. The second-order valence-electron chi connectivity index (χ2n) is 4.75. The monoisotopic (exact) mass is 294 g/mol. The van der Waals surface area contributed by atoms with Gasteiger partial charge in [-0.1, -0.05) is 0 Å². The Labute approximate surface area is 124 Å². The van der Waals surface area contributed by atoms with Gasteiger partial charge in [0.05, 0.1) is 4.92 Å². The van der Waals surface area contributed by atoms with E-state index in [4.69, 9.17) is 0 Å². The van der Waals surface area contributed by atoms with Crippen LogP contribution in [0.1, 0.15) is 12.8 Å². The molecule has 0 bridgehead atoms. The van der Waals surface area contributed by atoms with Crippen LogP contribution in [-0.4, -0.2) is 49.5 Å². The molecule has 0 saturated carbocycles. The average molecular weight is 294 g/mol. The first kappa shape index (κ1) is 16.9. The molecular formula is C14H22N4O3. The molecule has 0 aliphatic heterocycles. The molecule has 0 heterocycles. The maximum absolute atomic E-state index is 11.8. The smallest absolute Gasteiger partial charge is 0.269 e. The van der Waals surface area contributed by atoms with Crippen molar-refractivity contribution in [1.29, 1.82) is 0 Å². The standard InChI is InChI=1S/C14H22N4O3/c1-15-10-11-17(2)14(19)4-3-9-16-12-5-7-13(8-6-12)18(20)21/h5-8,15-16H,3-4,9-11H2,1-2H3. The summed E-state index contributed by atoms with van der Waals surface area (Å²) in [5.74, 6) is 0.121. The fourth-order valence-corrected chi connectivity index (χ4v) is 1.77. The fourth-order valence-electron chi connectivity index (χ4n) is 1.77. The Morgan fingerprint density at radius 2 is 1.95 bits per heavy atom. The largest absolute Gasteiger partial charge is 0.385 e. The number of anilines is 1. The molecule has 1 aromatic carbocycles. The minimum atomic E-state index is -0.427. The molecule has 1 amide bonds. The van der Waals surface area contributed by atoms with E-state index in [0.717, 1.165) is 18.7 Å². The van der Waals surface area contributed by atoms with Gasteiger partial charge in [0.15, 0.2) is 0 Å². The Morgan fingerprint density at radius 3 is 2.52 bits per heavy atom. The van der Waals surface area contributed by atoms with Gasteiger partial charge in [0, 0.05) is 50.9 Å². The second kappa shape index (κ2) is 8.91. The van der Waals surface area contributed by atoms with Crippen LogP contribution in [0.2, 0.25) is 0 Å². The van der Waals surface area contributed by atoms with E-state index < -0.39 is 4.92 Å². The summed E-state index contributed by atoms with van der Waals surface area (Å²) >= 11 is 0. The summed E-state index contributed by atoms with van der Waals surface area (Å²) in [6.45, 7) is 2.14. The van der Waals surface area contributed by atoms with Gasteiger partial charge in [0.2, 0.25) is 5.91 Å².